The maximum absolute atomic E-state index is 11.4. The molecule has 0 fully saturated rings. The summed E-state index contributed by atoms with van der Waals surface area (Å²) >= 11 is 11.7. The summed E-state index contributed by atoms with van der Waals surface area (Å²) in [6.07, 6.45) is 0. The highest BCUT2D eigenvalue weighted by Crippen LogP contribution is 2.25. The first-order valence-corrected chi connectivity index (χ1v) is 4.94. The summed E-state index contributed by atoms with van der Waals surface area (Å²) in [4.78, 5) is 11.4. The summed E-state index contributed by atoms with van der Waals surface area (Å²) in [6, 6.07) is 3.21. The smallest absolute Gasteiger partial charge is 0.339 e. The normalized spacial score (nSPS) is 10.0. The number of carbonyl (C=O) groups is 1. The van der Waals surface area contributed by atoms with E-state index >= 15 is 0 Å². The van der Waals surface area contributed by atoms with Crippen molar-refractivity contribution in [3.63, 3.8) is 0 Å². The Bertz CT molecular complexity index is 361. The van der Waals surface area contributed by atoms with Crippen LogP contribution >= 0.6 is 23.2 Å². The van der Waals surface area contributed by atoms with E-state index in [1.807, 2.05) is 0 Å². The molecule has 0 aliphatic heterocycles. The van der Waals surface area contributed by atoms with Gasteiger partial charge in [-0.25, -0.2) is 4.79 Å². The number of hydrogen-bond donors (Lipinski definition) is 0. The third-order valence-corrected chi connectivity index (χ3v) is 2.43. The van der Waals surface area contributed by atoms with Crippen molar-refractivity contribution in [3.05, 3.63) is 33.3 Å². The molecule has 0 aromatic heterocycles. The molecule has 1 rings (SSSR count). The molecule has 1 aromatic rings. The van der Waals surface area contributed by atoms with Gasteiger partial charge in [-0.15, -0.1) is 0 Å². The number of ether oxygens (including phenoxy) is 1. The third-order valence-electron chi connectivity index (χ3n) is 1.71. The Morgan fingerprint density at radius 3 is 2.64 bits per heavy atom. The van der Waals surface area contributed by atoms with Gasteiger partial charge in [-0.3, -0.25) is 0 Å². The zero-order valence-corrected chi connectivity index (χ0v) is 9.45. The molecule has 0 aliphatic carbocycles. The fraction of sp³-hybridized carbons (Fsp3) is 0.300. The van der Waals surface area contributed by atoms with Crippen molar-refractivity contribution in [1.82, 2.24) is 0 Å². The molecule has 0 unspecified atom stereocenters. The number of rotatable bonds is 2. The van der Waals surface area contributed by atoms with Crippen LogP contribution in [0.5, 0.6) is 0 Å². The van der Waals surface area contributed by atoms with Crippen LogP contribution < -0.4 is 0 Å². The second-order valence-electron chi connectivity index (χ2n) is 2.80. The number of carbonyl (C=O) groups excluding carboxylic acids is 1. The van der Waals surface area contributed by atoms with Crippen LogP contribution in [0.15, 0.2) is 12.1 Å². The zero-order valence-electron chi connectivity index (χ0n) is 7.93. The van der Waals surface area contributed by atoms with Crippen molar-refractivity contribution in [3.8, 4) is 0 Å². The van der Waals surface area contributed by atoms with Crippen LogP contribution in [-0.4, -0.2) is 12.6 Å². The van der Waals surface area contributed by atoms with E-state index in [0.29, 0.717) is 22.2 Å². The molecule has 0 heterocycles. The fourth-order valence-electron chi connectivity index (χ4n) is 1.08. The molecule has 0 amide bonds. The molecule has 0 radical (unpaired) electrons. The second-order valence-corrected chi connectivity index (χ2v) is 3.62. The van der Waals surface area contributed by atoms with Gasteiger partial charge in [-0.2, -0.15) is 0 Å². The van der Waals surface area contributed by atoms with Gasteiger partial charge in [0.15, 0.2) is 0 Å². The predicted octanol–water partition coefficient (Wildman–Crippen LogP) is 3.48. The molecule has 0 N–H and O–H groups in total. The van der Waals surface area contributed by atoms with E-state index < -0.39 is 5.97 Å². The minimum Gasteiger partial charge on any atom is -0.462 e. The standard InChI is InChI=1S/C10H10Cl2O2/c1-3-14-10(13)8-5-7(11)4-6(2)9(8)12/h4-5H,3H2,1-2H3. The molecule has 0 bridgehead atoms. The van der Waals surface area contributed by atoms with Crippen molar-refractivity contribution in [2.45, 2.75) is 13.8 Å². The molecular formula is C10H10Cl2O2. The quantitative estimate of drug-likeness (QED) is 0.731. The maximum Gasteiger partial charge on any atom is 0.339 e. The van der Waals surface area contributed by atoms with E-state index in [1.165, 1.54) is 6.07 Å². The van der Waals surface area contributed by atoms with Crippen LogP contribution in [-0.2, 0) is 4.74 Å². The monoisotopic (exact) mass is 232 g/mol. The van der Waals surface area contributed by atoms with E-state index in [2.05, 4.69) is 0 Å². The summed E-state index contributed by atoms with van der Waals surface area (Å²) < 4.78 is 4.84. The molecule has 1 aromatic carbocycles. The summed E-state index contributed by atoms with van der Waals surface area (Å²) in [5, 5.41) is 0.878. The zero-order chi connectivity index (χ0) is 10.7. The largest absolute Gasteiger partial charge is 0.462 e. The Kier molecular flexibility index (Phi) is 3.78. The Hall–Kier alpha value is -0.730. The van der Waals surface area contributed by atoms with Crippen molar-refractivity contribution in [1.29, 1.82) is 0 Å². The van der Waals surface area contributed by atoms with Crippen LogP contribution in [0.25, 0.3) is 0 Å². The molecule has 0 atom stereocenters. The molecule has 14 heavy (non-hydrogen) atoms. The van der Waals surface area contributed by atoms with Crippen molar-refractivity contribution >= 4 is 29.2 Å². The van der Waals surface area contributed by atoms with Gasteiger partial charge in [-0.05, 0) is 31.5 Å². The summed E-state index contributed by atoms with van der Waals surface area (Å²) in [5.41, 5.74) is 1.08. The number of hydrogen-bond acceptors (Lipinski definition) is 2. The summed E-state index contributed by atoms with van der Waals surface area (Å²) in [6.45, 7) is 3.85. The predicted molar refractivity (Wildman–Crippen MR) is 57.2 cm³/mol. The van der Waals surface area contributed by atoms with Gasteiger partial charge >= 0.3 is 5.97 Å². The lowest BCUT2D eigenvalue weighted by Gasteiger charge is -2.06. The average Bonchev–Trinajstić information content (AvgIpc) is 2.11. The lowest BCUT2D eigenvalue weighted by atomic mass is 10.1. The lowest BCUT2D eigenvalue weighted by Crippen LogP contribution is -2.06. The first-order valence-electron chi connectivity index (χ1n) is 4.19. The van der Waals surface area contributed by atoms with E-state index in [-0.39, 0.29) is 0 Å². The number of benzene rings is 1. The molecule has 0 aliphatic rings. The third kappa shape index (κ3) is 2.40. The van der Waals surface area contributed by atoms with Gasteiger partial charge in [0.05, 0.1) is 17.2 Å². The molecule has 76 valence electrons. The lowest BCUT2D eigenvalue weighted by molar-refractivity contribution is 0.0526. The Morgan fingerprint density at radius 1 is 1.43 bits per heavy atom. The van der Waals surface area contributed by atoms with Crippen LogP contribution in [0.2, 0.25) is 10.0 Å². The van der Waals surface area contributed by atoms with Gasteiger partial charge < -0.3 is 4.74 Å². The molecule has 0 saturated heterocycles. The Labute approximate surface area is 92.8 Å². The van der Waals surface area contributed by atoms with Gasteiger partial charge in [0, 0.05) is 5.02 Å². The van der Waals surface area contributed by atoms with Crippen LogP contribution in [0.3, 0.4) is 0 Å². The highest BCUT2D eigenvalue weighted by molar-refractivity contribution is 6.36. The van der Waals surface area contributed by atoms with Gasteiger partial charge in [-0.1, -0.05) is 23.2 Å². The summed E-state index contributed by atoms with van der Waals surface area (Å²) in [5.74, 6) is -0.442. The Morgan fingerprint density at radius 2 is 2.07 bits per heavy atom. The van der Waals surface area contributed by atoms with Crippen molar-refractivity contribution < 1.29 is 9.53 Å². The van der Waals surface area contributed by atoms with E-state index in [1.54, 1.807) is 19.9 Å². The van der Waals surface area contributed by atoms with E-state index in [4.69, 9.17) is 27.9 Å². The average molecular weight is 233 g/mol. The van der Waals surface area contributed by atoms with Gasteiger partial charge in [0.25, 0.3) is 0 Å². The molecule has 0 saturated carbocycles. The molecule has 0 spiro atoms. The van der Waals surface area contributed by atoms with Crippen LogP contribution in [0, 0.1) is 6.92 Å². The molecule has 4 heteroatoms. The second kappa shape index (κ2) is 4.67. The van der Waals surface area contributed by atoms with Crippen molar-refractivity contribution in [2.24, 2.45) is 0 Å². The SMILES string of the molecule is CCOC(=O)c1cc(Cl)cc(C)c1Cl. The number of halogens is 2. The number of esters is 1. The van der Waals surface area contributed by atoms with Gasteiger partial charge in [0.1, 0.15) is 0 Å². The van der Waals surface area contributed by atoms with Crippen LogP contribution in [0.4, 0.5) is 0 Å². The maximum atomic E-state index is 11.4. The first-order chi connectivity index (χ1) is 6.56. The topological polar surface area (TPSA) is 26.3 Å². The minimum atomic E-state index is -0.442. The number of aryl methyl sites for hydroxylation is 1. The fourth-order valence-corrected chi connectivity index (χ4v) is 1.54. The highest BCUT2D eigenvalue weighted by atomic mass is 35.5. The van der Waals surface area contributed by atoms with E-state index in [9.17, 15) is 4.79 Å². The van der Waals surface area contributed by atoms with Crippen LogP contribution in [0.1, 0.15) is 22.8 Å². The molecule has 2 nitrogen and oxygen atoms in total. The van der Waals surface area contributed by atoms with Crippen molar-refractivity contribution in [2.75, 3.05) is 6.61 Å². The summed E-state index contributed by atoms with van der Waals surface area (Å²) in [7, 11) is 0. The Balaban J connectivity index is 3.13. The highest BCUT2D eigenvalue weighted by Gasteiger charge is 2.13. The first kappa shape index (κ1) is 11.3. The molecular weight excluding hydrogens is 223 g/mol. The minimum absolute atomic E-state index is 0.318. The van der Waals surface area contributed by atoms with Gasteiger partial charge in [0.2, 0.25) is 0 Å². The van der Waals surface area contributed by atoms with E-state index in [0.717, 1.165) is 5.56 Å².